The second kappa shape index (κ2) is 14.2. The van der Waals surface area contributed by atoms with Crippen molar-refractivity contribution in [2.45, 2.75) is 44.7 Å². The number of alkyl halides is 3. The normalized spacial score (nSPS) is 11.0. The Hall–Kier alpha value is -1.85. The zero-order chi connectivity index (χ0) is 20.7. The molecule has 0 radical (unpaired) electrons. The summed E-state index contributed by atoms with van der Waals surface area (Å²) in [6.45, 7) is 1.58. The number of rotatable bonds is 10. The van der Waals surface area contributed by atoms with Gasteiger partial charge in [0.25, 0.3) is 0 Å². The van der Waals surface area contributed by atoms with Crippen molar-refractivity contribution in [3.05, 3.63) is 71.3 Å². The first-order chi connectivity index (χ1) is 13.5. The molecule has 0 N–H and O–H groups in total. The molecular weight excluding hydrogens is 365 g/mol. The van der Waals surface area contributed by atoms with Crippen LogP contribution in [0.3, 0.4) is 0 Å². The number of ether oxygens (including phenoxy) is 2. The minimum Gasteiger partial charge on any atom is -0.385 e. The van der Waals surface area contributed by atoms with Gasteiger partial charge in [-0.25, -0.2) is 0 Å². The van der Waals surface area contributed by atoms with Gasteiger partial charge in [0.2, 0.25) is 0 Å². The largest absolute Gasteiger partial charge is 0.416 e. The molecule has 2 aromatic carbocycles. The fraction of sp³-hybridized carbons (Fsp3) is 0.478. The summed E-state index contributed by atoms with van der Waals surface area (Å²) in [5.41, 5.74) is 1.77. The molecule has 0 fully saturated rings. The van der Waals surface area contributed by atoms with Crippen molar-refractivity contribution in [1.29, 1.82) is 0 Å². The molecule has 0 amide bonds. The number of unbranched alkanes of at least 4 members (excludes halogenated alkanes) is 2. The lowest BCUT2D eigenvalue weighted by Crippen LogP contribution is -2.04. The molecule has 0 saturated carbocycles. The monoisotopic (exact) mass is 396 g/mol. The van der Waals surface area contributed by atoms with E-state index in [0.29, 0.717) is 6.61 Å². The van der Waals surface area contributed by atoms with Crippen LogP contribution in [0.1, 0.15) is 42.4 Å². The Kier molecular flexibility index (Phi) is 12.3. The number of halogens is 3. The van der Waals surface area contributed by atoms with Gasteiger partial charge in [0.1, 0.15) is 0 Å². The van der Waals surface area contributed by atoms with E-state index in [9.17, 15) is 13.2 Å². The molecule has 2 rings (SSSR count). The fourth-order valence-corrected chi connectivity index (χ4v) is 2.66. The average molecular weight is 396 g/mol. The van der Waals surface area contributed by atoms with Gasteiger partial charge in [0.05, 0.1) is 5.56 Å². The standard InChI is InChI=1S/C12H15F3O.C11H16O/c1-16-9-3-2-4-10-5-7-11(8-6-10)12(13,14)15;1-12-10-6-5-9-11-7-3-2-4-8-11/h5-8H,2-4,9H2,1H3;2-4,7-8H,5-6,9-10H2,1H3. The number of hydrogen-bond donors (Lipinski definition) is 0. The number of methoxy groups -OCH3 is 2. The van der Waals surface area contributed by atoms with Gasteiger partial charge in [-0.15, -0.1) is 0 Å². The molecule has 0 heterocycles. The number of benzene rings is 2. The van der Waals surface area contributed by atoms with E-state index in [2.05, 4.69) is 30.3 Å². The molecule has 2 aromatic rings. The van der Waals surface area contributed by atoms with E-state index in [0.717, 1.165) is 50.0 Å². The minimum atomic E-state index is -4.24. The Labute approximate surface area is 166 Å². The maximum absolute atomic E-state index is 12.3. The van der Waals surface area contributed by atoms with Gasteiger partial charge < -0.3 is 9.47 Å². The Morgan fingerprint density at radius 3 is 1.54 bits per heavy atom. The van der Waals surface area contributed by atoms with E-state index in [-0.39, 0.29) is 0 Å². The van der Waals surface area contributed by atoms with Gasteiger partial charge in [0.15, 0.2) is 0 Å². The van der Waals surface area contributed by atoms with Crippen molar-refractivity contribution in [2.75, 3.05) is 27.4 Å². The van der Waals surface area contributed by atoms with Crippen molar-refractivity contribution >= 4 is 0 Å². The molecule has 0 bridgehead atoms. The van der Waals surface area contributed by atoms with Crippen molar-refractivity contribution in [3.63, 3.8) is 0 Å². The number of aryl methyl sites for hydroxylation is 2. The van der Waals surface area contributed by atoms with E-state index in [1.807, 2.05) is 0 Å². The first-order valence-corrected chi connectivity index (χ1v) is 9.65. The maximum atomic E-state index is 12.3. The van der Waals surface area contributed by atoms with Gasteiger partial charge in [-0.05, 0) is 61.8 Å². The van der Waals surface area contributed by atoms with Crippen molar-refractivity contribution in [2.24, 2.45) is 0 Å². The SMILES string of the molecule is COCCCCc1ccc(C(F)(F)F)cc1.COCCCCc1ccccc1. The molecule has 0 spiro atoms. The molecule has 5 heteroatoms. The summed E-state index contributed by atoms with van der Waals surface area (Å²) < 4.78 is 46.6. The summed E-state index contributed by atoms with van der Waals surface area (Å²) in [5.74, 6) is 0. The molecule has 0 aliphatic carbocycles. The molecule has 0 aliphatic rings. The van der Waals surface area contributed by atoms with E-state index in [1.54, 1.807) is 14.2 Å². The predicted molar refractivity (Wildman–Crippen MR) is 108 cm³/mol. The number of hydrogen-bond acceptors (Lipinski definition) is 2. The topological polar surface area (TPSA) is 18.5 Å². The Morgan fingerprint density at radius 2 is 1.11 bits per heavy atom. The third kappa shape index (κ3) is 11.1. The van der Waals surface area contributed by atoms with Crippen LogP contribution in [0.4, 0.5) is 13.2 Å². The van der Waals surface area contributed by atoms with Gasteiger partial charge in [0, 0.05) is 27.4 Å². The van der Waals surface area contributed by atoms with Crippen LogP contribution in [0.25, 0.3) is 0 Å². The fourth-order valence-electron chi connectivity index (χ4n) is 2.66. The Morgan fingerprint density at radius 1 is 0.643 bits per heavy atom. The van der Waals surface area contributed by atoms with Crippen LogP contribution in [0, 0.1) is 0 Å². The zero-order valence-electron chi connectivity index (χ0n) is 16.8. The van der Waals surface area contributed by atoms with Crippen LogP contribution in [-0.2, 0) is 28.5 Å². The minimum absolute atomic E-state index is 0.590. The van der Waals surface area contributed by atoms with Gasteiger partial charge in [-0.1, -0.05) is 42.5 Å². The first kappa shape index (κ1) is 24.2. The lowest BCUT2D eigenvalue weighted by Gasteiger charge is -2.07. The van der Waals surface area contributed by atoms with Crippen LogP contribution in [0.5, 0.6) is 0 Å². The Balaban J connectivity index is 0.000000292. The molecule has 0 aromatic heterocycles. The van der Waals surface area contributed by atoms with Crippen LogP contribution >= 0.6 is 0 Å². The third-order valence-electron chi connectivity index (χ3n) is 4.25. The highest BCUT2D eigenvalue weighted by atomic mass is 19.4. The molecule has 2 nitrogen and oxygen atoms in total. The van der Waals surface area contributed by atoms with Crippen LogP contribution < -0.4 is 0 Å². The highest BCUT2D eigenvalue weighted by Gasteiger charge is 2.29. The first-order valence-electron chi connectivity index (χ1n) is 9.65. The van der Waals surface area contributed by atoms with Gasteiger partial charge >= 0.3 is 6.18 Å². The summed E-state index contributed by atoms with van der Waals surface area (Å²) >= 11 is 0. The molecule has 0 unspecified atom stereocenters. The zero-order valence-corrected chi connectivity index (χ0v) is 16.8. The quantitative estimate of drug-likeness (QED) is 0.437. The van der Waals surface area contributed by atoms with Crippen molar-refractivity contribution in [3.8, 4) is 0 Å². The van der Waals surface area contributed by atoms with Crippen LogP contribution in [0.15, 0.2) is 54.6 Å². The van der Waals surface area contributed by atoms with Gasteiger partial charge in [-0.3, -0.25) is 0 Å². The Bertz CT molecular complexity index is 610. The molecule has 156 valence electrons. The van der Waals surface area contributed by atoms with Gasteiger partial charge in [-0.2, -0.15) is 13.2 Å². The highest BCUT2D eigenvalue weighted by molar-refractivity contribution is 5.24. The molecule has 0 saturated heterocycles. The second-order valence-corrected chi connectivity index (χ2v) is 6.58. The van der Waals surface area contributed by atoms with Crippen LogP contribution in [0.2, 0.25) is 0 Å². The maximum Gasteiger partial charge on any atom is 0.416 e. The molecule has 0 atom stereocenters. The molecular formula is C23H31F3O2. The molecule has 0 aliphatic heterocycles. The summed E-state index contributed by atoms with van der Waals surface area (Å²) in [6.07, 6.45) is 1.96. The predicted octanol–water partition coefficient (Wildman–Crippen LogP) is 6.33. The third-order valence-corrected chi connectivity index (χ3v) is 4.25. The van der Waals surface area contributed by atoms with E-state index in [4.69, 9.17) is 9.47 Å². The summed E-state index contributed by atoms with van der Waals surface area (Å²) in [7, 11) is 3.39. The average Bonchev–Trinajstić information content (AvgIpc) is 2.70. The summed E-state index contributed by atoms with van der Waals surface area (Å²) in [6, 6.07) is 15.9. The van der Waals surface area contributed by atoms with Crippen molar-refractivity contribution < 1.29 is 22.6 Å². The summed E-state index contributed by atoms with van der Waals surface area (Å²) in [5, 5.41) is 0. The van der Waals surface area contributed by atoms with E-state index in [1.165, 1.54) is 30.5 Å². The highest BCUT2D eigenvalue weighted by Crippen LogP contribution is 2.29. The smallest absolute Gasteiger partial charge is 0.385 e. The van der Waals surface area contributed by atoms with Crippen LogP contribution in [-0.4, -0.2) is 27.4 Å². The lowest BCUT2D eigenvalue weighted by molar-refractivity contribution is -0.137. The van der Waals surface area contributed by atoms with E-state index < -0.39 is 11.7 Å². The van der Waals surface area contributed by atoms with E-state index >= 15 is 0 Å². The second-order valence-electron chi connectivity index (χ2n) is 6.58. The molecule has 28 heavy (non-hydrogen) atoms. The van der Waals surface area contributed by atoms with Crippen molar-refractivity contribution in [1.82, 2.24) is 0 Å². The lowest BCUT2D eigenvalue weighted by atomic mass is 10.1. The summed E-state index contributed by atoms with van der Waals surface area (Å²) in [4.78, 5) is 0.